The molecule has 0 atom stereocenters. The van der Waals surface area contributed by atoms with E-state index in [0.29, 0.717) is 5.75 Å². The fourth-order valence-corrected chi connectivity index (χ4v) is 3.01. The van der Waals surface area contributed by atoms with E-state index in [-0.39, 0.29) is 5.97 Å². The minimum absolute atomic E-state index is 0.308. The second-order valence-corrected chi connectivity index (χ2v) is 6.40. The molecular formula is C21H23N3O2. The van der Waals surface area contributed by atoms with Crippen molar-refractivity contribution in [3.05, 3.63) is 64.8 Å². The molecule has 0 saturated carbocycles. The highest BCUT2D eigenvalue weighted by atomic mass is 16.5. The molecule has 0 spiro atoms. The average molecular weight is 349 g/mol. The third-order valence-corrected chi connectivity index (χ3v) is 4.66. The first-order valence-electron chi connectivity index (χ1n) is 8.55. The third kappa shape index (κ3) is 3.33. The molecule has 0 amide bonds. The van der Waals surface area contributed by atoms with Gasteiger partial charge in [-0.1, -0.05) is 18.2 Å². The number of nitrogens with zero attached hydrogens (tertiary/aromatic N) is 2. The lowest BCUT2D eigenvalue weighted by Crippen LogP contribution is -2.09. The zero-order chi connectivity index (χ0) is 18.8. The van der Waals surface area contributed by atoms with Crippen LogP contribution in [-0.2, 0) is 4.79 Å². The van der Waals surface area contributed by atoms with Gasteiger partial charge >= 0.3 is 5.97 Å². The van der Waals surface area contributed by atoms with Crippen molar-refractivity contribution in [1.82, 2.24) is 9.78 Å². The van der Waals surface area contributed by atoms with E-state index >= 15 is 0 Å². The first-order chi connectivity index (χ1) is 12.4. The quantitative estimate of drug-likeness (QED) is 0.544. The number of para-hydroxylation sites is 1. The molecular weight excluding hydrogens is 326 g/mol. The summed E-state index contributed by atoms with van der Waals surface area (Å²) in [6, 6.07) is 11.9. The van der Waals surface area contributed by atoms with Gasteiger partial charge in [-0.25, -0.2) is 4.68 Å². The molecule has 5 heteroatoms. The van der Waals surface area contributed by atoms with Crippen LogP contribution >= 0.6 is 0 Å². The van der Waals surface area contributed by atoms with Crippen LogP contribution in [0.15, 0.2) is 42.6 Å². The van der Waals surface area contributed by atoms with E-state index < -0.39 is 0 Å². The van der Waals surface area contributed by atoms with Crippen LogP contribution in [0.1, 0.15) is 29.2 Å². The third-order valence-electron chi connectivity index (χ3n) is 4.66. The molecule has 26 heavy (non-hydrogen) atoms. The van der Waals surface area contributed by atoms with Crippen LogP contribution < -0.4 is 10.1 Å². The van der Waals surface area contributed by atoms with Gasteiger partial charge in [0, 0.05) is 24.9 Å². The molecule has 0 fully saturated rings. The number of hydrogen-bond acceptors (Lipinski definition) is 4. The fourth-order valence-electron chi connectivity index (χ4n) is 3.01. The zero-order valence-electron chi connectivity index (χ0n) is 15.8. The van der Waals surface area contributed by atoms with Crippen molar-refractivity contribution in [3.63, 3.8) is 0 Å². The summed E-state index contributed by atoms with van der Waals surface area (Å²) in [6.07, 6.45) is 1.93. The van der Waals surface area contributed by atoms with Crippen molar-refractivity contribution < 1.29 is 9.53 Å². The maximum Gasteiger partial charge on any atom is 0.308 e. The molecule has 0 aliphatic rings. The number of carbonyl (C=O) groups excluding carboxylic acids is 1. The Hall–Kier alpha value is -3.08. The first-order valence-corrected chi connectivity index (χ1v) is 8.55. The predicted molar refractivity (Wildman–Crippen MR) is 104 cm³/mol. The normalized spacial score (nSPS) is 10.7. The lowest BCUT2D eigenvalue weighted by molar-refractivity contribution is -0.131. The van der Waals surface area contributed by atoms with E-state index in [2.05, 4.69) is 10.4 Å². The van der Waals surface area contributed by atoms with Crippen LogP contribution in [0.5, 0.6) is 5.75 Å². The van der Waals surface area contributed by atoms with Crippen molar-refractivity contribution in [2.45, 2.75) is 34.6 Å². The number of rotatable bonds is 4. The summed E-state index contributed by atoms with van der Waals surface area (Å²) in [6.45, 7) is 9.39. The Labute approximate surface area is 153 Å². The van der Waals surface area contributed by atoms with Gasteiger partial charge in [0.15, 0.2) is 5.82 Å². The zero-order valence-corrected chi connectivity index (χ0v) is 15.8. The van der Waals surface area contributed by atoms with E-state index in [9.17, 15) is 4.79 Å². The molecule has 0 aliphatic heterocycles. The lowest BCUT2D eigenvalue weighted by atomic mass is 9.97. The number of aromatic nitrogens is 2. The number of anilines is 2. The topological polar surface area (TPSA) is 56.1 Å². The Bertz CT molecular complexity index is 930. The van der Waals surface area contributed by atoms with Crippen LogP contribution in [0, 0.1) is 27.7 Å². The average Bonchev–Trinajstić information content (AvgIpc) is 3.10. The lowest BCUT2D eigenvalue weighted by Gasteiger charge is -2.20. The first kappa shape index (κ1) is 17.7. The number of esters is 1. The molecule has 2 aromatic carbocycles. The van der Waals surface area contributed by atoms with Crippen LogP contribution in [0.3, 0.4) is 0 Å². The maximum absolute atomic E-state index is 11.4. The summed E-state index contributed by atoms with van der Waals surface area (Å²) < 4.78 is 7.25. The molecule has 5 nitrogen and oxygen atoms in total. The smallest absolute Gasteiger partial charge is 0.308 e. The molecule has 1 N–H and O–H groups in total. The molecule has 0 bridgehead atoms. The van der Waals surface area contributed by atoms with Gasteiger partial charge in [0.25, 0.3) is 0 Å². The molecule has 3 aromatic rings. The Balaban J connectivity index is 1.96. The largest absolute Gasteiger partial charge is 0.426 e. The second kappa shape index (κ2) is 7.04. The highest BCUT2D eigenvalue weighted by molar-refractivity contribution is 5.75. The summed E-state index contributed by atoms with van der Waals surface area (Å²) >= 11 is 0. The molecule has 0 unspecified atom stereocenters. The van der Waals surface area contributed by atoms with Gasteiger partial charge in [-0.2, -0.15) is 5.10 Å². The number of hydrogen-bond donors (Lipinski definition) is 1. The van der Waals surface area contributed by atoms with Crippen LogP contribution in [0.4, 0.5) is 11.5 Å². The standard InChI is InChI=1S/C21H23N3O2/c1-13-15(3)21(26-17(5)25)16(4)14(2)20(13)22-19-11-12-24(23-19)18-9-7-6-8-10-18/h6-12H,1-5H3,(H,22,23). The fraction of sp³-hybridized carbons (Fsp3) is 0.238. The summed E-state index contributed by atoms with van der Waals surface area (Å²) in [5, 5.41) is 8.03. The van der Waals surface area contributed by atoms with Gasteiger partial charge in [0.05, 0.1) is 5.69 Å². The molecule has 0 radical (unpaired) electrons. The molecule has 1 aromatic heterocycles. The SMILES string of the molecule is CC(=O)Oc1c(C)c(C)c(Nc2ccn(-c3ccccc3)n2)c(C)c1C. The Morgan fingerprint density at radius 2 is 1.58 bits per heavy atom. The van der Waals surface area contributed by atoms with Crippen LogP contribution in [-0.4, -0.2) is 15.7 Å². The monoisotopic (exact) mass is 349 g/mol. The van der Waals surface area contributed by atoms with E-state index in [1.165, 1.54) is 6.92 Å². The summed E-state index contributed by atoms with van der Waals surface area (Å²) in [5.74, 6) is 1.10. The highest BCUT2D eigenvalue weighted by Gasteiger charge is 2.18. The summed E-state index contributed by atoms with van der Waals surface area (Å²) in [7, 11) is 0. The van der Waals surface area contributed by atoms with E-state index in [1.807, 2.05) is 75.0 Å². The van der Waals surface area contributed by atoms with Crippen molar-refractivity contribution in [1.29, 1.82) is 0 Å². The summed E-state index contributed by atoms with van der Waals surface area (Å²) in [5.41, 5.74) is 5.99. The van der Waals surface area contributed by atoms with Crippen molar-refractivity contribution >= 4 is 17.5 Å². The Morgan fingerprint density at radius 3 is 2.15 bits per heavy atom. The number of nitrogens with one attached hydrogen (secondary N) is 1. The highest BCUT2D eigenvalue weighted by Crippen LogP contribution is 2.37. The van der Waals surface area contributed by atoms with Crippen LogP contribution in [0.25, 0.3) is 5.69 Å². The van der Waals surface area contributed by atoms with Crippen molar-refractivity contribution in [2.75, 3.05) is 5.32 Å². The van der Waals surface area contributed by atoms with E-state index in [0.717, 1.165) is 39.4 Å². The van der Waals surface area contributed by atoms with Gasteiger partial charge in [-0.15, -0.1) is 0 Å². The van der Waals surface area contributed by atoms with Gasteiger partial charge < -0.3 is 10.1 Å². The minimum atomic E-state index is -0.308. The minimum Gasteiger partial charge on any atom is -0.426 e. The Kier molecular flexibility index (Phi) is 4.80. The second-order valence-electron chi connectivity index (χ2n) is 6.40. The molecule has 3 rings (SSSR count). The van der Waals surface area contributed by atoms with Crippen LogP contribution in [0.2, 0.25) is 0 Å². The molecule has 0 saturated heterocycles. The van der Waals surface area contributed by atoms with Crippen molar-refractivity contribution in [2.24, 2.45) is 0 Å². The maximum atomic E-state index is 11.4. The van der Waals surface area contributed by atoms with Gasteiger partial charge in [0.2, 0.25) is 0 Å². The van der Waals surface area contributed by atoms with Gasteiger partial charge in [-0.3, -0.25) is 4.79 Å². The van der Waals surface area contributed by atoms with Gasteiger partial charge in [-0.05, 0) is 62.1 Å². The van der Waals surface area contributed by atoms with Crippen molar-refractivity contribution in [3.8, 4) is 11.4 Å². The molecule has 1 heterocycles. The van der Waals surface area contributed by atoms with E-state index in [4.69, 9.17) is 4.74 Å². The number of carbonyl (C=O) groups is 1. The Morgan fingerprint density at radius 1 is 0.962 bits per heavy atom. The number of benzene rings is 2. The predicted octanol–water partition coefficient (Wildman–Crippen LogP) is 4.77. The van der Waals surface area contributed by atoms with Gasteiger partial charge in [0.1, 0.15) is 5.75 Å². The van der Waals surface area contributed by atoms with E-state index in [1.54, 1.807) is 0 Å². The number of ether oxygens (including phenoxy) is 1. The summed E-state index contributed by atoms with van der Waals surface area (Å²) in [4.78, 5) is 11.4. The molecule has 0 aliphatic carbocycles. The molecule has 134 valence electrons.